The van der Waals surface area contributed by atoms with Crippen LogP contribution in [0.3, 0.4) is 0 Å². The molecule has 1 aromatic carbocycles. The first-order valence-corrected chi connectivity index (χ1v) is 8.02. The second-order valence-electron chi connectivity index (χ2n) is 5.58. The summed E-state index contributed by atoms with van der Waals surface area (Å²) in [5.74, 6) is -0.0535. The number of hydrogen-bond donors (Lipinski definition) is 0. The van der Waals surface area contributed by atoms with E-state index in [2.05, 4.69) is 19.9 Å². The van der Waals surface area contributed by atoms with E-state index in [1.807, 2.05) is 6.07 Å². The van der Waals surface area contributed by atoms with Crippen LogP contribution in [0, 0.1) is 5.82 Å². The molecule has 0 aliphatic rings. The van der Waals surface area contributed by atoms with Crippen LogP contribution in [0.4, 0.5) is 4.39 Å². The van der Waals surface area contributed by atoms with E-state index in [-0.39, 0.29) is 5.82 Å². The van der Waals surface area contributed by atoms with Crippen LogP contribution in [0.5, 0.6) is 0 Å². The normalized spacial score (nSPS) is 11.0. The van der Waals surface area contributed by atoms with Crippen molar-refractivity contribution in [2.75, 3.05) is 7.11 Å². The Labute approximate surface area is 123 Å². The van der Waals surface area contributed by atoms with E-state index in [0.29, 0.717) is 12.2 Å². The highest BCUT2D eigenvalue weighted by Crippen LogP contribution is 2.21. The van der Waals surface area contributed by atoms with Crippen molar-refractivity contribution in [2.45, 2.75) is 71.8 Å². The Morgan fingerprint density at radius 3 is 2.10 bits per heavy atom. The highest BCUT2D eigenvalue weighted by atomic mass is 19.1. The number of ether oxygens (including phenoxy) is 1. The molecule has 0 heterocycles. The van der Waals surface area contributed by atoms with Crippen LogP contribution in [0.1, 0.15) is 69.1 Å². The Bertz CT molecular complexity index is 387. The molecule has 0 N–H and O–H groups in total. The summed E-state index contributed by atoms with van der Waals surface area (Å²) in [7, 11) is 1.62. The van der Waals surface area contributed by atoms with Gasteiger partial charge in [-0.15, -0.1) is 0 Å². The van der Waals surface area contributed by atoms with Crippen LogP contribution >= 0.6 is 0 Å². The summed E-state index contributed by atoms with van der Waals surface area (Å²) in [5, 5.41) is 0. The second-order valence-corrected chi connectivity index (χ2v) is 5.58. The summed E-state index contributed by atoms with van der Waals surface area (Å²) in [4.78, 5) is 0. The van der Waals surface area contributed by atoms with Gasteiger partial charge in [0.2, 0.25) is 0 Å². The zero-order chi connectivity index (χ0) is 14.8. The van der Waals surface area contributed by atoms with Gasteiger partial charge >= 0.3 is 0 Å². The van der Waals surface area contributed by atoms with Crippen molar-refractivity contribution in [3.63, 3.8) is 0 Å². The topological polar surface area (TPSA) is 9.23 Å². The lowest BCUT2D eigenvalue weighted by Crippen LogP contribution is -2.02. The number of hydrogen-bond acceptors (Lipinski definition) is 1. The minimum atomic E-state index is -0.0535. The van der Waals surface area contributed by atoms with Gasteiger partial charge in [-0.1, -0.05) is 51.7 Å². The Kier molecular flexibility index (Phi) is 8.52. The summed E-state index contributed by atoms with van der Waals surface area (Å²) < 4.78 is 19.5. The van der Waals surface area contributed by atoms with E-state index in [4.69, 9.17) is 4.74 Å². The van der Waals surface area contributed by atoms with E-state index >= 15 is 0 Å². The molecule has 0 aromatic heterocycles. The van der Waals surface area contributed by atoms with Gasteiger partial charge in [0.1, 0.15) is 5.82 Å². The quantitative estimate of drug-likeness (QED) is 0.519. The van der Waals surface area contributed by atoms with Crippen molar-refractivity contribution in [3.05, 3.63) is 34.6 Å². The van der Waals surface area contributed by atoms with Crippen molar-refractivity contribution in [1.29, 1.82) is 0 Å². The standard InChI is InChI=1S/C18H29FO/c1-4-6-8-10-15-12-16(11-9-7-5-2)18(19)17(13-15)14-20-3/h12-13H,4-11,14H2,1-3H3. The summed E-state index contributed by atoms with van der Waals surface area (Å²) in [5.41, 5.74) is 2.85. The molecule has 0 fully saturated rings. The fourth-order valence-corrected chi connectivity index (χ4v) is 2.55. The highest BCUT2D eigenvalue weighted by Gasteiger charge is 2.10. The average molecular weight is 280 g/mol. The first kappa shape index (κ1) is 17.2. The van der Waals surface area contributed by atoms with E-state index in [9.17, 15) is 4.39 Å². The number of methoxy groups -OCH3 is 1. The van der Waals surface area contributed by atoms with Gasteiger partial charge in [-0.25, -0.2) is 4.39 Å². The molecule has 0 bridgehead atoms. The molecular formula is C18H29FO. The first-order valence-electron chi connectivity index (χ1n) is 8.02. The number of aryl methyl sites for hydroxylation is 2. The molecule has 0 spiro atoms. The van der Waals surface area contributed by atoms with Crippen LogP contribution in [-0.2, 0) is 24.2 Å². The van der Waals surface area contributed by atoms with Gasteiger partial charge in [0, 0.05) is 12.7 Å². The largest absolute Gasteiger partial charge is 0.380 e. The molecule has 114 valence electrons. The predicted octanol–water partition coefficient (Wildman–Crippen LogP) is 5.44. The molecule has 2 heteroatoms. The molecule has 0 aliphatic heterocycles. The lowest BCUT2D eigenvalue weighted by molar-refractivity contribution is 0.181. The number of unbranched alkanes of at least 4 members (excludes halogenated alkanes) is 4. The van der Waals surface area contributed by atoms with Crippen LogP contribution in [0.25, 0.3) is 0 Å². The van der Waals surface area contributed by atoms with Gasteiger partial charge in [0.15, 0.2) is 0 Å². The molecule has 0 saturated carbocycles. The van der Waals surface area contributed by atoms with Crippen LogP contribution in [-0.4, -0.2) is 7.11 Å². The molecule has 1 aromatic rings. The number of benzene rings is 1. The van der Waals surface area contributed by atoms with E-state index < -0.39 is 0 Å². The zero-order valence-corrected chi connectivity index (χ0v) is 13.3. The summed E-state index contributed by atoms with van der Waals surface area (Å²) >= 11 is 0. The highest BCUT2D eigenvalue weighted by molar-refractivity contribution is 5.32. The molecule has 0 saturated heterocycles. The van der Waals surface area contributed by atoms with E-state index in [0.717, 1.165) is 24.8 Å². The Morgan fingerprint density at radius 2 is 1.50 bits per heavy atom. The van der Waals surface area contributed by atoms with Crippen molar-refractivity contribution in [2.24, 2.45) is 0 Å². The summed E-state index contributed by atoms with van der Waals surface area (Å²) in [6.45, 7) is 4.75. The molecule has 1 rings (SSSR count). The van der Waals surface area contributed by atoms with E-state index in [1.165, 1.54) is 37.7 Å². The fraction of sp³-hybridized carbons (Fsp3) is 0.667. The monoisotopic (exact) mass is 280 g/mol. The van der Waals surface area contributed by atoms with Crippen molar-refractivity contribution in [3.8, 4) is 0 Å². The van der Waals surface area contributed by atoms with Gasteiger partial charge in [0.25, 0.3) is 0 Å². The Balaban J connectivity index is 2.82. The van der Waals surface area contributed by atoms with Gasteiger partial charge < -0.3 is 4.74 Å². The molecule has 0 aliphatic carbocycles. The number of rotatable bonds is 10. The van der Waals surface area contributed by atoms with Crippen LogP contribution < -0.4 is 0 Å². The zero-order valence-electron chi connectivity index (χ0n) is 13.3. The summed E-state index contributed by atoms with van der Waals surface area (Å²) in [6.07, 6.45) is 8.93. The molecule has 0 unspecified atom stereocenters. The first-order chi connectivity index (χ1) is 9.72. The number of halogens is 1. The van der Waals surface area contributed by atoms with Gasteiger partial charge in [-0.2, -0.15) is 0 Å². The Morgan fingerprint density at radius 1 is 0.900 bits per heavy atom. The van der Waals surface area contributed by atoms with E-state index in [1.54, 1.807) is 7.11 Å². The third-order valence-corrected chi connectivity index (χ3v) is 3.70. The lowest BCUT2D eigenvalue weighted by atomic mass is 9.97. The van der Waals surface area contributed by atoms with Gasteiger partial charge in [0.05, 0.1) is 6.61 Å². The second kappa shape index (κ2) is 9.93. The minimum Gasteiger partial charge on any atom is -0.380 e. The van der Waals surface area contributed by atoms with Crippen LogP contribution in [0.15, 0.2) is 12.1 Å². The van der Waals surface area contributed by atoms with Crippen molar-refractivity contribution < 1.29 is 9.13 Å². The molecule has 0 radical (unpaired) electrons. The maximum absolute atomic E-state index is 14.4. The molecule has 20 heavy (non-hydrogen) atoms. The molecule has 1 nitrogen and oxygen atoms in total. The van der Waals surface area contributed by atoms with Crippen LogP contribution in [0.2, 0.25) is 0 Å². The third kappa shape index (κ3) is 5.62. The predicted molar refractivity (Wildman–Crippen MR) is 83.6 cm³/mol. The molecular weight excluding hydrogens is 251 g/mol. The minimum absolute atomic E-state index is 0.0535. The van der Waals surface area contributed by atoms with Crippen molar-refractivity contribution in [1.82, 2.24) is 0 Å². The average Bonchev–Trinajstić information content (AvgIpc) is 2.44. The van der Waals surface area contributed by atoms with Gasteiger partial charge in [-0.3, -0.25) is 0 Å². The molecule has 0 amide bonds. The smallest absolute Gasteiger partial charge is 0.131 e. The maximum atomic E-state index is 14.4. The SMILES string of the molecule is CCCCCc1cc(CCCCC)c(F)c(COC)c1. The van der Waals surface area contributed by atoms with Gasteiger partial charge in [-0.05, 0) is 36.8 Å². The lowest BCUT2D eigenvalue weighted by Gasteiger charge is -2.12. The Hall–Kier alpha value is -0.890. The maximum Gasteiger partial charge on any atom is 0.131 e. The fourth-order valence-electron chi connectivity index (χ4n) is 2.55. The molecule has 0 atom stereocenters. The summed E-state index contributed by atoms with van der Waals surface area (Å²) in [6, 6.07) is 4.05. The third-order valence-electron chi connectivity index (χ3n) is 3.70. The van der Waals surface area contributed by atoms with Crippen molar-refractivity contribution >= 4 is 0 Å².